The van der Waals surface area contributed by atoms with Crippen molar-refractivity contribution in [1.82, 2.24) is 0 Å². The smallest absolute Gasteiger partial charge is 0.341 e. The number of rotatable bonds is 6. The quantitative estimate of drug-likeness (QED) is 0.682. The lowest BCUT2D eigenvalue weighted by Gasteiger charge is -2.15. The van der Waals surface area contributed by atoms with Crippen LogP contribution < -0.4 is 10.0 Å². The number of carbonyl (C=O) groups is 2. The fourth-order valence-electron chi connectivity index (χ4n) is 2.10. The van der Waals surface area contributed by atoms with E-state index in [1.54, 1.807) is 12.1 Å². The van der Waals surface area contributed by atoms with E-state index in [-0.39, 0.29) is 11.3 Å². The number of benzene rings is 2. The Morgan fingerprint density at radius 3 is 2.26 bits per heavy atom. The second-order valence-electron chi connectivity index (χ2n) is 5.61. The average molecular weight is 431 g/mol. The van der Waals surface area contributed by atoms with Crippen molar-refractivity contribution in [3.8, 4) is 0 Å². The number of carbonyl (C=O) groups excluding carboxylic acids is 2. The number of esters is 1. The molecule has 0 aliphatic heterocycles. The normalized spacial score (nSPS) is 12.1. The Bertz CT molecular complexity index is 959. The highest BCUT2D eigenvalue weighted by Crippen LogP contribution is 2.23. The second-order valence-corrected chi connectivity index (χ2v) is 8.24. The first kappa shape index (κ1) is 21.0. The van der Waals surface area contributed by atoms with Gasteiger partial charge in [0.25, 0.3) is 5.91 Å². The molecule has 0 fully saturated rings. The molecule has 0 aromatic heterocycles. The van der Waals surface area contributed by atoms with Crippen LogP contribution in [0.4, 0.5) is 11.4 Å². The van der Waals surface area contributed by atoms with Crippen LogP contribution in [0.3, 0.4) is 0 Å². The third-order valence-electron chi connectivity index (χ3n) is 3.23. The summed E-state index contributed by atoms with van der Waals surface area (Å²) >= 11 is 11.7. The minimum absolute atomic E-state index is 0.0200. The number of para-hydroxylation sites is 1. The number of halogens is 2. The fourth-order valence-corrected chi connectivity index (χ4v) is 3.20. The molecular weight excluding hydrogens is 415 g/mol. The van der Waals surface area contributed by atoms with Crippen LogP contribution >= 0.6 is 23.2 Å². The van der Waals surface area contributed by atoms with E-state index in [0.717, 1.165) is 6.26 Å². The van der Waals surface area contributed by atoms with Crippen molar-refractivity contribution in [2.24, 2.45) is 0 Å². The first-order valence-corrected chi connectivity index (χ1v) is 10.2. The summed E-state index contributed by atoms with van der Waals surface area (Å²) in [5, 5.41) is 3.21. The molecule has 2 N–H and O–H groups in total. The highest BCUT2D eigenvalue weighted by molar-refractivity contribution is 7.92. The van der Waals surface area contributed by atoms with Crippen molar-refractivity contribution < 1.29 is 22.7 Å². The third-order valence-corrected chi connectivity index (χ3v) is 4.25. The number of hydrogen-bond donors (Lipinski definition) is 2. The van der Waals surface area contributed by atoms with E-state index in [1.165, 1.54) is 37.3 Å². The summed E-state index contributed by atoms with van der Waals surface area (Å²) in [5.41, 5.74) is 0.382. The van der Waals surface area contributed by atoms with Crippen LogP contribution in [0.5, 0.6) is 0 Å². The SMILES string of the molecule is CC(OC(=O)c1ccccc1NS(C)(=O)=O)C(=O)Nc1cc(Cl)cc(Cl)c1. The van der Waals surface area contributed by atoms with Crippen LogP contribution in [0, 0.1) is 0 Å². The molecule has 0 spiro atoms. The van der Waals surface area contributed by atoms with E-state index in [0.29, 0.717) is 15.7 Å². The molecule has 0 aliphatic carbocycles. The molecule has 2 rings (SSSR count). The highest BCUT2D eigenvalue weighted by Gasteiger charge is 2.22. The van der Waals surface area contributed by atoms with Gasteiger partial charge in [-0.25, -0.2) is 13.2 Å². The van der Waals surface area contributed by atoms with Gasteiger partial charge in [-0.2, -0.15) is 0 Å². The number of nitrogens with one attached hydrogen (secondary N) is 2. The van der Waals surface area contributed by atoms with E-state index in [1.807, 2.05) is 0 Å². The minimum Gasteiger partial charge on any atom is -0.449 e. The molecule has 144 valence electrons. The zero-order valence-electron chi connectivity index (χ0n) is 14.3. The first-order chi connectivity index (χ1) is 12.5. The first-order valence-electron chi connectivity index (χ1n) is 7.60. The lowest BCUT2D eigenvalue weighted by molar-refractivity contribution is -0.123. The van der Waals surface area contributed by atoms with E-state index < -0.39 is 28.0 Å². The predicted molar refractivity (Wildman–Crippen MR) is 105 cm³/mol. The number of anilines is 2. The molecule has 10 heteroatoms. The largest absolute Gasteiger partial charge is 0.449 e. The van der Waals surface area contributed by atoms with Crippen LogP contribution in [-0.4, -0.2) is 32.7 Å². The number of sulfonamides is 1. The van der Waals surface area contributed by atoms with Crippen molar-refractivity contribution in [2.45, 2.75) is 13.0 Å². The lowest BCUT2D eigenvalue weighted by Crippen LogP contribution is -2.30. The van der Waals surface area contributed by atoms with Crippen molar-refractivity contribution >= 4 is 56.5 Å². The van der Waals surface area contributed by atoms with Crippen LogP contribution in [0.2, 0.25) is 10.0 Å². The van der Waals surface area contributed by atoms with E-state index >= 15 is 0 Å². The van der Waals surface area contributed by atoms with Gasteiger partial charge in [0.15, 0.2) is 6.10 Å². The maximum Gasteiger partial charge on any atom is 0.341 e. The van der Waals surface area contributed by atoms with Crippen LogP contribution in [0.1, 0.15) is 17.3 Å². The zero-order chi connectivity index (χ0) is 20.2. The molecule has 0 heterocycles. The summed E-state index contributed by atoms with van der Waals surface area (Å²) in [6, 6.07) is 10.4. The molecule has 2 aromatic carbocycles. The minimum atomic E-state index is -3.59. The van der Waals surface area contributed by atoms with Gasteiger partial charge >= 0.3 is 5.97 Å². The van der Waals surface area contributed by atoms with Gasteiger partial charge < -0.3 is 10.1 Å². The molecule has 0 saturated carbocycles. The number of amides is 1. The van der Waals surface area contributed by atoms with Gasteiger partial charge in [-0.05, 0) is 37.3 Å². The van der Waals surface area contributed by atoms with Crippen LogP contribution in [0.15, 0.2) is 42.5 Å². The summed E-state index contributed by atoms with van der Waals surface area (Å²) < 4.78 is 30.2. The van der Waals surface area contributed by atoms with Crippen molar-refractivity contribution in [3.63, 3.8) is 0 Å². The Morgan fingerprint density at radius 2 is 1.67 bits per heavy atom. The van der Waals surface area contributed by atoms with Gasteiger partial charge in [0.2, 0.25) is 10.0 Å². The van der Waals surface area contributed by atoms with Gasteiger partial charge in [0.1, 0.15) is 0 Å². The maximum absolute atomic E-state index is 12.3. The molecule has 0 radical (unpaired) electrons. The molecule has 7 nitrogen and oxygen atoms in total. The summed E-state index contributed by atoms with van der Waals surface area (Å²) in [6.45, 7) is 1.38. The van der Waals surface area contributed by atoms with Crippen LogP contribution in [-0.2, 0) is 19.6 Å². The van der Waals surface area contributed by atoms with Gasteiger partial charge in [-0.3, -0.25) is 9.52 Å². The van der Waals surface area contributed by atoms with Gasteiger partial charge in [0.05, 0.1) is 17.5 Å². The molecule has 1 amide bonds. The van der Waals surface area contributed by atoms with Gasteiger partial charge in [-0.15, -0.1) is 0 Å². The Morgan fingerprint density at radius 1 is 1.07 bits per heavy atom. The van der Waals surface area contributed by atoms with E-state index in [2.05, 4.69) is 10.0 Å². The standard InChI is InChI=1S/C17H16Cl2N2O5S/c1-10(16(22)20-13-8-11(18)7-12(19)9-13)26-17(23)14-5-3-4-6-15(14)21-27(2,24)25/h3-10,21H,1-2H3,(H,20,22). The van der Waals surface area contributed by atoms with Crippen molar-refractivity contribution in [2.75, 3.05) is 16.3 Å². The zero-order valence-corrected chi connectivity index (χ0v) is 16.7. The summed E-state index contributed by atoms with van der Waals surface area (Å²) in [4.78, 5) is 24.6. The van der Waals surface area contributed by atoms with E-state index in [9.17, 15) is 18.0 Å². The molecule has 1 unspecified atom stereocenters. The Balaban J connectivity index is 2.10. The maximum atomic E-state index is 12.3. The van der Waals surface area contributed by atoms with Gasteiger partial charge in [-0.1, -0.05) is 35.3 Å². The Hall–Kier alpha value is -2.29. The van der Waals surface area contributed by atoms with Gasteiger partial charge in [0, 0.05) is 15.7 Å². The second kappa shape index (κ2) is 8.60. The number of ether oxygens (including phenoxy) is 1. The third kappa shape index (κ3) is 6.42. The number of hydrogen-bond acceptors (Lipinski definition) is 5. The van der Waals surface area contributed by atoms with Crippen molar-refractivity contribution in [3.05, 3.63) is 58.1 Å². The molecule has 0 saturated heterocycles. The fraction of sp³-hybridized carbons (Fsp3) is 0.176. The molecular formula is C17H16Cl2N2O5S. The molecule has 0 aliphatic rings. The van der Waals surface area contributed by atoms with Crippen LogP contribution in [0.25, 0.3) is 0 Å². The molecule has 2 aromatic rings. The molecule has 0 bridgehead atoms. The predicted octanol–water partition coefficient (Wildman–Crippen LogP) is 3.55. The Kier molecular flexibility index (Phi) is 6.69. The summed E-state index contributed by atoms with van der Waals surface area (Å²) in [7, 11) is -3.59. The topological polar surface area (TPSA) is 102 Å². The van der Waals surface area contributed by atoms with E-state index in [4.69, 9.17) is 27.9 Å². The average Bonchev–Trinajstić information content (AvgIpc) is 2.52. The molecule has 27 heavy (non-hydrogen) atoms. The summed E-state index contributed by atoms with van der Waals surface area (Å²) in [5.74, 6) is -1.45. The summed E-state index contributed by atoms with van der Waals surface area (Å²) in [6.07, 6.45) is -0.192. The highest BCUT2D eigenvalue weighted by atomic mass is 35.5. The monoisotopic (exact) mass is 430 g/mol. The lowest BCUT2D eigenvalue weighted by atomic mass is 10.2. The Labute approximate surface area is 166 Å². The van der Waals surface area contributed by atoms with Crippen molar-refractivity contribution in [1.29, 1.82) is 0 Å². The molecule has 1 atom stereocenters.